The van der Waals surface area contributed by atoms with Gasteiger partial charge in [0, 0.05) is 21.9 Å². The van der Waals surface area contributed by atoms with Crippen LogP contribution in [0.2, 0.25) is 5.02 Å². The lowest BCUT2D eigenvalue weighted by Gasteiger charge is -2.47. The molecule has 6 nitrogen and oxygen atoms in total. The number of hydrogen-bond acceptors (Lipinski definition) is 7. The fourth-order valence-electron chi connectivity index (χ4n) is 3.52. The van der Waals surface area contributed by atoms with Crippen LogP contribution in [-0.2, 0) is 9.53 Å². The van der Waals surface area contributed by atoms with Gasteiger partial charge in [0.2, 0.25) is 0 Å². The fraction of sp³-hybridized carbons (Fsp3) is 0.458. The number of carbonyl (C=O) groups excluding carboxylic acids is 1. The smallest absolute Gasteiger partial charge is 0.259 e. The molecule has 1 amide bonds. The van der Waals surface area contributed by atoms with E-state index in [9.17, 15) is 18.7 Å². The Morgan fingerprint density at radius 3 is 2.35 bits per heavy atom. The van der Waals surface area contributed by atoms with Crippen LogP contribution in [-0.4, -0.2) is 90.9 Å². The highest BCUT2D eigenvalue weighted by Gasteiger charge is 2.30. The van der Waals surface area contributed by atoms with E-state index in [4.69, 9.17) is 61.3 Å². The normalized spacial score (nSPS) is 15.8. The molecule has 0 saturated carbocycles. The van der Waals surface area contributed by atoms with Gasteiger partial charge in [-0.05, 0) is 92.7 Å². The van der Waals surface area contributed by atoms with Crippen LogP contribution in [0.3, 0.4) is 0 Å². The Morgan fingerprint density at radius 1 is 1.12 bits per heavy atom. The molecule has 204 valence electrons. The van der Waals surface area contributed by atoms with Crippen molar-refractivity contribution < 1.29 is 23.4 Å². The third kappa shape index (κ3) is 12.3. The number of nitrogens with two attached hydrogens (primary N) is 1. The Bertz CT molecular complexity index is 1060. The lowest BCUT2D eigenvalue weighted by molar-refractivity contribution is -0.133. The minimum Gasteiger partial charge on any atom is -0.395 e. The first-order chi connectivity index (χ1) is 18.7. The molecule has 0 spiro atoms. The summed E-state index contributed by atoms with van der Waals surface area (Å²) in [5.74, 6) is -0.263. The topological polar surface area (TPSA) is 87.8 Å². The second-order valence-electron chi connectivity index (χ2n) is 9.06. The first kappa shape index (κ1) is 35.0. The molecule has 4 N–H and O–H groups in total. The highest BCUT2D eigenvalue weighted by Crippen LogP contribution is 2.28. The maximum Gasteiger partial charge on any atom is 0.259 e. The third-order valence-corrected chi connectivity index (χ3v) is 7.74. The molecule has 40 heavy (non-hydrogen) atoms. The molecule has 1 unspecified atom stereocenters. The summed E-state index contributed by atoms with van der Waals surface area (Å²) in [6.45, 7) is 0.849. The molecule has 0 aromatic heterocycles. The number of halogens is 3. The van der Waals surface area contributed by atoms with E-state index in [0.717, 1.165) is 46.8 Å². The van der Waals surface area contributed by atoms with Gasteiger partial charge in [0.15, 0.2) is 0 Å². The van der Waals surface area contributed by atoms with E-state index in [1.807, 2.05) is 0 Å². The van der Waals surface area contributed by atoms with Gasteiger partial charge in [0.25, 0.3) is 5.91 Å². The average molecular weight is 597 g/mol. The Hall–Kier alpha value is -1.24. The highest BCUT2D eigenvalue weighted by molar-refractivity contribution is 7.99. The van der Waals surface area contributed by atoms with Crippen molar-refractivity contribution in [1.29, 1.82) is 0 Å². The molecule has 2 aromatic carbocycles. The van der Waals surface area contributed by atoms with Crippen molar-refractivity contribution in [2.45, 2.75) is 58.8 Å². The number of thioether (sulfide) groups is 1. The van der Waals surface area contributed by atoms with Crippen molar-refractivity contribution in [3.63, 3.8) is 0 Å². The largest absolute Gasteiger partial charge is 0.395 e. The van der Waals surface area contributed by atoms with Crippen molar-refractivity contribution in [2.24, 2.45) is 0 Å². The molecule has 10 radical (unpaired) electrons. The first-order valence-electron chi connectivity index (χ1n) is 12.3. The van der Waals surface area contributed by atoms with Gasteiger partial charge in [-0.2, -0.15) is 0 Å². The van der Waals surface area contributed by atoms with Gasteiger partial charge in [0.05, 0.1) is 34.2 Å². The highest BCUT2D eigenvalue weighted by atomic mass is 35.5. The quantitative estimate of drug-likeness (QED) is 0.0918. The lowest BCUT2D eigenvalue weighted by atomic mass is 9.46. The number of rotatable bonds is 11. The van der Waals surface area contributed by atoms with E-state index >= 15 is 0 Å². The SMILES string of the molecule is Nc1c(F)cc(SNC(=O)C2CCCCO2)cc1Cl.[B]C([B])([B])N(CCCCSc1ccc(F)cc1)C([B])([B])O. The molecule has 1 saturated heterocycles. The standard InChI is InChI=1S/C12H13B5FNOS.C12H14ClFN2O2S/c13-11(14,15)19(12(16,17)20)7-1-2-8-21-10-5-3-9(18)4-6-10;13-8-5-7(6-9(14)11(8)15)19-16-12(17)10-3-1-2-4-18-10/h3-6,20H,1-2,7-8H2;5-6,10H,1-4,15H2,(H,16,17). The number of anilines is 1. The second kappa shape index (κ2) is 16.4. The molecule has 1 aliphatic heterocycles. The number of benzene rings is 2. The molecule has 0 bridgehead atoms. The van der Waals surface area contributed by atoms with Crippen LogP contribution >= 0.6 is 35.3 Å². The number of nitrogen functional groups attached to an aromatic ring is 1. The minimum atomic E-state index is -2.18. The summed E-state index contributed by atoms with van der Waals surface area (Å²) in [7, 11) is 27.2. The van der Waals surface area contributed by atoms with Crippen molar-refractivity contribution in [3.8, 4) is 0 Å². The third-order valence-electron chi connectivity index (χ3n) is 5.55. The van der Waals surface area contributed by atoms with Crippen LogP contribution in [0.5, 0.6) is 0 Å². The number of unbranched alkanes of at least 4 members (excludes halogenated alkanes) is 1. The maximum atomic E-state index is 13.4. The Morgan fingerprint density at radius 2 is 1.80 bits per heavy atom. The first-order valence-corrected chi connectivity index (χ1v) is 14.5. The molecule has 1 fully saturated rings. The molecular weight excluding hydrogens is 570 g/mol. The van der Waals surface area contributed by atoms with Gasteiger partial charge in [-0.3, -0.25) is 9.52 Å². The van der Waals surface area contributed by atoms with Crippen molar-refractivity contribution in [1.82, 2.24) is 9.62 Å². The van der Waals surface area contributed by atoms with E-state index in [-0.39, 0.29) is 29.0 Å². The number of nitrogens with one attached hydrogen (secondary N) is 1. The van der Waals surface area contributed by atoms with E-state index < -0.39 is 22.7 Å². The number of ether oxygens (including phenoxy) is 1. The van der Waals surface area contributed by atoms with E-state index in [1.54, 1.807) is 23.9 Å². The van der Waals surface area contributed by atoms with Gasteiger partial charge in [0.1, 0.15) is 33.4 Å². The molecule has 1 atom stereocenters. The van der Waals surface area contributed by atoms with Gasteiger partial charge < -0.3 is 20.5 Å². The van der Waals surface area contributed by atoms with Crippen LogP contribution in [0.1, 0.15) is 32.1 Å². The zero-order valence-electron chi connectivity index (χ0n) is 21.8. The van der Waals surface area contributed by atoms with Crippen molar-refractivity contribution in [2.75, 3.05) is 24.6 Å². The lowest BCUT2D eigenvalue weighted by Crippen LogP contribution is -2.63. The van der Waals surface area contributed by atoms with Crippen LogP contribution in [0.15, 0.2) is 46.2 Å². The summed E-state index contributed by atoms with van der Waals surface area (Å²) in [6, 6.07) is 9.00. The molecule has 16 heteroatoms. The summed E-state index contributed by atoms with van der Waals surface area (Å²) >= 11 is 8.36. The van der Waals surface area contributed by atoms with Crippen LogP contribution in [0.4, 0.5) is 14.5 Å². The zero-order valence-corrected chi connectivity index (χ0v) is 24.2. The predicted octanol–water partition coefficient (Wildman–Crippen LogP) is 2.81. The van der Waals surface area contributed by atoms with Crippen molar-refractivity contribution in [3.05, 3.63) is 53.1 Å². The minimum absolute atomic E-state index is 0.0899. The van der Waals surface area contributed by atoms with Gasteiger partial charge in [-0.15, -0.1) is 11.8 Å². The summed E-state index contributed by atoms with van der Waals surface area (Å²) in [5, 5.41) is 7.90. The second-order valence-corrected chi connectivity index (χ2v) is 11.5. The van der Waals surface area contributed by atoms with Gasteiger partial charge >= 0.3 is 0 Å². The molecule has 2 aromatic rings. The van der Waals surface area contributed by atoms with E-state index in [2.05, 4.69) is 4.72 Å². The zero-order chi connectivity index (χ0) is 29.9. The van der Waals surface area contributed by atoms with Gasteiger partial charge in [-0.25, -0.2) is 8.78 Å². The Balaban J connectivity index is 0.000000281. The van der Waals surface area contributed by atoms with E-state index in [0.29, 0.717) is 24.3 Å². The Labute approximate surface area is 254 Å². The number of nitrogens with zero attached hydrogens (tertiary/aromatic N) is 1. The number of amides is 1. The number of aliphatic hydroxyl groups is 1. The average Bonchev–Trinajstić information content (AvgIpc) is 2.88. The maximum absolute atomic E-state index is 13.4. The summed E-state index contributed by atoms with van der Waals surface area (Å²) in [6.07, 6.45) is 3.68. The summed E-state index contributed by atoms with van der Waals surface area (Å²) in [4.78, 5) is 14.3. The predicted molar refractivity (Wildman–Crippen MR) is 163 cm³/mol. The van der Waals surface area contributed by atoms with Crippen LogP contribution in [0, 0.1) is 11.6 Å². The summed E-state index contributed by atoms with van der Waals surface area (Å²) < 4.78 is 34.1. The molecule has 3 rings (SSSR count). The number of carbonyl (C=O) groups is 1. The molecule has 1 aliphatic rings. The Kier molecular flexibility index (Phi) is 14.3. The van der Waals surface area contributed by atoms with Crippen LogP contribution in [0.25, 0.3) is 0 Å². The number of hydrogen-bond donors (Lipinski definition) is 3. The molecule has 0 aliphatic carbocycles. The van der Waals surface area contributed by atoms with Crippen LogP contribution < -0.4 is 10.5 Å². The monoisotopic (exact) mass is 597 g/mol. The van der Waals surface area contributed by atoms with Crippen molar-refractivity contribution >= 4 is 86.1 Å². The molecule has 1 heterocycles. The van der Waals surface area contributed by atoms with E-state index in [1.165, 1.54) is 24.3 Å². The fourth-order valence-corrected chi connectivity index (χ4v) is 5.39. The summed E-state index contributed by atoms with van der Waals surface area (Å²) in [5.41, 5.74) is 3.13. The van der Waals surface area contributed by atoms with Gasteiger partial charge in [-0.1, -0.05) is 16.8 Å². The molecular formula is C24H27B5ClF2N3O3S2.